The maximum atomic E-state index is 13.8. The minimum absolute atomic E-state index is 0.174. The van der Waals surface area contributed by atoms with Gasteiger partial charge in [-0.3, -0.25) is 0 Å². The highest BCUT2D eigenvalue weighted by Crippen LogP contribution is 2.36. The van der Waals surface area contributed by atoms with E-state index in [1.54, 1.807) is 24.3 Å². The Morgan fingerprint density at radius 3 is 2.38 bits per heavy atom. The van der Waals surface area contributed by atoms with Crippen molar-refractivity contribution >= 4 is 10.0 Å². The molecule has 1 aliphatic heterocycles. The standard InChI is InChI=1S/C19H16F2N2O2S/c20-16-9-8-14(13-17(16)21)19-18-7-4-10-22(18)11-12-23(19)26(24,25)15-5-2-1-3-6-15/h1-10,13,19H,11-12H2. The van der Waals surface area contributed by atoms with Crippen molar-refractivity contribution < 1.29 is 17.2 Å². The van der Waals surface area contributed by atoms with Crippen LogP contribution in [0.1, 0.15) is 17.3 Å². The molecule has 4 nitrogen and oxygen atoms in total. The van der Waals surface area contributed by atoms with Crippen LogP contribution in [0.5, 0.6) is 0 Å². The fourth-order valence-corrected chi connectivity index (χ4v) is 4.97. The molecule has 0 bridgehead atoms. The summed E-state index contributed by atoms with van der Waals surface area (Å²) in [5.41, 5.74) is 1.12. The van der Waals surface area contributed by atoms with Gasteiger partial charge in [0, 0.05) is 25.0 Å². The third kappa shape index (κ3) is 2.73. The number of aromatic nitrogens is 1. The molecule has 0 saturated carbocycles. The average Bonchev–Trinajstić information content (AvgIpc) is 3.13. The lowest BCUT2D eigenvalue weighted by Gasteiger charge is -2.36. The van der Waals surface area contributed by atoms with Gasteiger partial charge in [0.2, 0.25) is 10.0 Å². The molecule has 1 unspecified atom stereocenters. The molecule has 0 radical (unpaired) electrons. The van der Waals surface area contributed by atoms with E-state index in [1.807, 2.05) is 16.8 Å². The van der Waals surface area contributed by atoms with Gasteiger partial charge >= 0.3 is 0 Å². The van der Waals surface area contributed by atoms with E-state index < -0.39 is 27.7 Å². The highest BCUT2D eigenvalue weighted by molar-refractivity contribution is 7.89. The molecule has 0 fully saturated rings. The zero-order chi connectivity index (χ0) is 18.3. The van der Waals surface area contributed by atoms with E-state index in [1.165, 1.54) is 22.5 Å². The van der Waals surface area contributed by atoms with Crippen LogP contribution in [-0.4, -0.2) is 23.8 Å². The predicted octanol–water partition coefficient (Wildman–Crippen LogP) is 3.56. The minimum Gasteiger partial charge on any atom is -0.348 e. The van der Waals surface area contributed by atoms with E-state index in [9.17, 15) is 17.2 Å². The Hall–Kier alpha value is -2.51. The number of nitrogens with zero attached hydrogens (tertiary/aromatic N) is 2. The Morgan fingerprint density at radius 1 is 0.885 bits per heavy atom. The van der Waals surface area contributed by atoms with Gasteiger partial charge in [-0.05, 0) is 42.0 Å². The van der Waals surface area contributed by atoms with E-state index in [-0.39, 0.29) is 11.4 Å². The number of fused-ring (bicyclic) bond motifs is 1. The molecule has 7 heteroatoms. The van der Waals surface area contributed by atoms with Gasteiger partial charge in [-0.15, -0.1) is 0 Å². The zero-order valence-corrected chi connectivity index (χ0v) is 14.5. The highest BCUT2D eigenvalue weighted by Gasteiger charge is 2.37. The van der Waals surface area contributed by atoms with Gasteiger partial charge in [0.1, 0.15) is 0 Å². The lowest BCUT2D eigenvalue weighted by molar-refractivity contribution is 0.297. The normalized spacial score (nSPS) is 17.8. The summed E-state index contributed by atoms with van der Waals surface area (Å²) >= 11 is 0. The van der Waals surface area contributed by atoms with Crippen LogP contribution in [0.3, 0.4) is 0 Å². The van der Waals surface area contributed by atoms with Crippen LogP contribution < -0.4 is 0 Å². The van der Waals surface area contributed by atoms with Crippen molar-refractivity contribution in [2.45, 2.75) is 17.5 Å². The van der Waals surface area contributed by atoms with Crippen molar-refractivity contribution in [3.05, 3.63) is 89.8 Å². The van der Waals surface area contributed by atoms with Crippen molar-refractivity contribution in [2.75, 3.05) is 6.54 Å². The van der Waals surface area contributed by atoms with Gasteiger partial charge in [-0.1, -0.05) is 24.3 Å². The molecule has 0 N–H and O–H groups in total. The lowest BCUT2D eigenvalue weighted by atomic mass is 10.0. The number of rotatable bonds is 3. The molecule has 4 rings (SSSR count). The van der Waals surface area contributed by atoms with Crippen LogP contribution in [0, 0.1) is 11.6 Å². The Labute approximate surface area is 150 Å². The highest BCUT2D eigenvalue weighted by atomic mass is 32.2. The smallest absolute Gasteiger partial charge is 0.244 e. The minimum atomic E-state index is -3.80. The molecule has 3 aromatic rings. The summed E-state index contributed by atoms with van der Waals surface area (Å²) in [4.78, 5) is 0.174. The fraction of sp³-hybridized carbons (Fsp3) is 0.158. The summed E-state index contributed by atoms with van der Waals surface area (Å²) in [7, 11) is -3.80. The van der Waals surface area contributed by atoms with Gasteiger partial charge in [0.15, 0.2) is 11.6 Å². The first-order chi connectivity index (χ1) is 12.5. The maximum absolute atomic E-state index is 13.8. The monoisotopic (exact) mass is 374 g/mol. The Morgan fingerprint density at radius 2 is 1.65 bits per heavy atom. The van der Waals surface area contributed by atoms with Gasteiger partial charge in [-0.2, -0.15) is 4.31 Å². The largest absolute Gasteiger partial charge is 0.348 e. The summed E-state index contributed by atoms with van der Waals surface area (Å²) in [5.74, 6) is -1.96. The molecule has 26 heavy (non-hydrogen) atoms. The number of halogens is 2. The van der Waals surface area contributed by atoms with Crippen LogP contribution >= 0.6 is 0 Å². The van der Waals surface area contributed by atoms with Crippen molar-refractivity contribution in [2.24, 2.45) is 0 Å². The number of sulfonamides is 1. The molecule has 0 amide bonds. The van der Waals surface area contributed by atoms with E-state index in [2.05, 4.69) is 0 Å². The molecular weight excluding hydrogens is 358 g/mol. The average molecular weight is 374 g/mol. The molecule has 1 aliphatic rings. The second-order valence-electron chi connectivity index (χ2n) is 6.13. The van der Waals surface area contributed by atoms with Crippen LogP contribution in [0.2, 0.25) is 0 Å². The molecule has 2 heterocycles. The second-order valence-corrected chi connectivity index (χ2v) is 8.02. The maximum Gasteiger partial charge on any atom is 0.244 e. The van der Waals surface area contributed by atoms with Crippen molar-refractivity contribution in [1.82, 2.24) is 8.87 Å². The van der Waals surface area contributed by atoms with Crippen LogP contribution in [-0.2, 0) is 16.6 Å². The number of hydrogen-bond acceptors (Lipinski definition) is 2. The molecule has 0 aliphatic carbocycles. The SMILES string of the molecule is O=S(=O)(c1ccccc1)N1CCn2cccc2C1c1ccc(F)c(F)c1. The third-order valence-corrected chi connectivity index (χ3v) is 6.48. The van der Waals surface area contributed by atoms with E-state index >= 15 is 0 Å². The Kier molecular flexibility index (Phi) is 4.13. The summed E-state index contributed by atoms with van der Waals surface area (Å²) in [6.45, 7) is 0.733. The summed E-state index contributed by atoms with van der Waals surface area (Å²) in [6, 6.07) is 14.6. The molecule has 134 valence electrons. The van der Waals surface area contributed by atoms with Gasteiger partial charge in [0.05, 0.1) is 10.9 Å². The van der Waals surface area contributed by atoms with Gasteiger partial charge in [-0.25, -0.2) is 17.2 Å². The van der Waals surface area contributed by atoms with Crippen molar-refractivity contribution in [3.8, 4) is 0 Å². The molecule has 0 saturated heterocycles. The van der Waals surface area contributed by atoms with Crippen LogP contribution in [0.15, 0.2) is 71.8 Å². The molecule has 0 spiro atoms. The fourth-order valence-electron chi connectivity index (χ4n) is 3.37. The van der Waals surface area contributed by atoms with Gasteiger partial charge < -0.3 is 4.57 Å². The first-order valence-corrected chi connectivity index (χ1v) is 9.59. The predicted molar refractivity (Wildman–Crippen MR) is 93.0 cm³/mol. The molecule has 2 aromatic carbocycles. The van der Waals surface area contributed by atoms with E-state index in [0.717, 1.165) is 17.8 Å². The second kappa shape index (κ2) is 6.34. The van der Waals surface area contributed by atoms with Crippen LogP contribution in [0.25, 0.3) is 0 Å². The summed E-state index contributed by atoms with van der Waals surface area (Å²) in [6.07, 6.45) is 1.86. The number of hydrogen-bond donors (Lipinski definition) is 0. The van der Waals surface area contributed by atoms with Crippen molar-refractivity contribution in [3.63, 3.8) is 0 Å². The quantitative estimate of drug-likeness (QED) is 0.704. The number of benzene rings is 2. The molecule has 1 atom stereocenters. The van der Waals surface area contributed by atoms with Gasteiger partial charge in [0.25, 0.3) is 0 Å². The summed E-state index contributed by atoms with van der Waals surface area (Å²) in [5, 5.41) is 0. The summed E-state index contributed by atoms with van der Waals surface area (Å²) < 4.78 is 56.9. The Balaban J connectivity index is 1.87. The van der Waals surface area contributed by atoms with Crippen LogP contribution in [0.4, 0.5) is 8.78 Å². The first-order valence-electron chi connectivity index (χ1n) is 8.15. The molecular formula is C19H16F2N2O2S. The first kappa shape index (κ1) is 16.9. The van der Waals surface area contributed by atoms with E-state index in [0.29, 0.717) is 12.1 Å². The van der Waals surface area contributed by atoms with Crippen molar-refractivity contribution in [1.29, 1.82) is 0 Å². The Bertz CT molecular complexity index is 1050. The molecule has 1 aromatic heterocycles. The third-order valence-electron chi connectivity index (χ3n) is 4.60. The zero-order valence-electron chi connectivity index (χ0n) is 13.7. The lowest BCUT2D eigenvalue weighted by Crippen LogP contribution is -2.42. The topological polar surface area (TPSA) is 42.3 Å². The van der Waals surface area contributed by atoms with E-state index in [4.69, 9.17) is 0 Å².